The average Bonchev–Trinajstić information content (AvgIpc) is 1.58. The number of allylic oxidation sites excluding steroid dienone is 15. The van der Waals surface area contributed by atoms with Crippen molar-refractivity contribution in [1.82, 2.24) is 25.8 Å². The number of dihydropyridines is 1. The molecule has 10 aromatic rings. The molecule has 6 aliphatic heterocycles. The molecule has 12 heteroatoms. The predicted octanol–water partition coefficient (Wildman–Crippen LogP) is 28.5. The number of nitrogens with zero attached hydrogens (tertiary/aromatic N) is 6. The maximum absolute atomic E-state index is 5.99. The number of rotatable bonds is 17. The van der Waals surface area contributed by atoms with E-state index in [-0.39, 0.29) is 24.2 Å². The summed E-state index contributed by atoms with van der Waals surface area (Å²) in [6, 6.07) is 80.0. The second-order valence-electron chi connectivity index (χ2n) is 41.1. The van der Waals surface area contributed by atoms with E-state index in [2.05, 4.69) is 358 Å². The van der Waals surface area contributed by atoms with Crippen molar-refractivity contribution < 1.29 is 0 Å². The minimum Gasteiger partial charge on any atom is -0.358 e. The van der Waals surface area contributed by atoms with Crippen LogP contribution >= 0.6 is 23.1 Å². The molecule has 18 atom stereocenters. The number of nitrogens with one attached hydrogen (secondary N) is 4. The van der Waals surface area contributed by atoms with E-state index in [1.165, 1.54) is 149 Å². The standard InChI is InChI=1S/C123H120N10S2/c1-9-30-76(31-10-1)85-56-60-93(79-34-13-3-14-35-79)102(69-85)90-72-105(112(124-75-90)88-58-62-97-100-65-63-98-95-48-25-27-50-108(95)132(91-44-21-7-22-45-91)114(98)116(100)135-111(97)73-88)122-128-119(82-40-19-6-20-41-82)127-121(131-122)89-43-29-42-84(68-89)78-52-54-83(55-53-78)120-126-118(81-38-17-5-18-39-81)129-123(130-120)106-74-107(103-70-86(77-32-11-2-12-33-77)57-61-94(103)80-36-15-4-16-37-80)125-113(106)87-59-67-110-104(71-87)101-66-64-99-96-49-26-28-51-109(96)133(115(99)117(101)134-110)92-46-23-8-24-47-92/h1,3,5-11,13-15,17,19-23,25-36,40-45,49,52-55,57,61,63-66,68,70,72-74,80-81,85,87,90,92,95,99,101,104,108-110,115,117,120,122-123,125,130H,2,4,12,16,18,24,37-39,46-48,50-51,56,58-60,62,67,69,71,75H2,(H,126,129)(H,127,128,131). The number of hydrogen-bond donors (Lipinski definition) is 4. The molecule has 18 unspecified atom stereocenters. The first-order valence-electron chi connectivity index (χ1n) is 51.3. The highest BCUT2D eigenvalue weighted by Crippen LogP contribution is 2.62. The van der Waals surface area contributed by atoms with E-state index in [4.69, 9.17) is 20.0 Å². The van der Waals surface area contributed by atoms with Crippen molar-refractivity contribution in [3.8, 4) is 22.4 Å². The zero-order valence-electron chi connectivity index (χ0n) is 77.2. The Morgan fingerprint density at radius 1 is 0.541 bits per heavy atom. The van der Waals surface area contributed by atoms with Crippen LogP contribution in [0.1, 0.15) is 237 Å². The number of para-hydroxylation sites is 1. The van der Waals surface area contributed by atoms with Gasteiger partial charge in [-0.3, -0.25) is 15.2 Å². The van der Waals surface area contributed by atoms with Gasteiger partial charge in [-0.1, -0.05) is 285 Å². The number of H-pyrrole nitrogens is 1. The van der Waals surface area contributed by atoms with Crippen molar-refractivity contribution in [2.24, 2.45) is 49.6 Å². The summed E-state index contributed by atoms with van der Waals surface area (Å²) in [4.78, 5) is 35.0. The maximum Gasteiger partial charge on any atom is 0.159 e. The molecular formula is C123H120N10S2. The minimum atomic E-state index is -0.509. The van der Waals surface area contributed by atoms with Gasteiger partial charge in [0.05, 0.1) is 16.1 Å². The van der Waals surface area contributed by atoms with Gasteiger partial charge in [0.15, 0.2) is 5.84 Å². The highest BCUT2D eigenvalue weighted by atomic mass is 32.2. The van der Waals surface area contributed by atoms with Crippen LogP contribution in [-0.2, 0) is 6.42 Å². The quantitative estimate of drug-likeness (QED) is 0.0677. The lowest BCUT2D eigenvalue weighted by Gasteiger charge is -2.43. The van der Waals surface area contributed by atoms with Gasteiger partial charge in [0.25, 0.3) is 0 Å². The summed E-state index contributed by atoms with van der Waals surface area (Å²) in [7, 11) is 0. The number of hydrogen-bond acceptors (Lipinski definition) is 11. The van der Waals surface area contributed by atoms with Crippen LogP contribution in [0.25, 0.3) is 49.7 Å². The maximum atomic E-state index is 5.99. The van der Waals surface area contributed by atoms with Gasteiger partial charge in [0, 0.05) is 121 Å². The summed E-state index contributed by atoms with van der Waals surface area (Å²) in [6.45, 7) is 0.666. The van der Waals surface area contributed by atoms with Gasteiger partial charge < -0.3 is 20.5 Å². The first-order chi connectivity index (χ1) is 66.9. The molecule has 26 rings (SSSR count). The van der Waals surface area contributed by atoms with E-state index in [9.17, 15) is 0 Å². The normalized spacial score (nSPS) is 29.8. The molecule has 8 heterocycles. The van der Waals surface area contributed by atoms with E-state index in [1.54, 1.807) is 5.57 Å². The first kappa shape index (κ1) is 83.8. The molecule has 1 saturated carbocycles. The second-order valence-corrected chi connectivity index (χ2v) is 43.6. The molecule has 2 aromatic heterocycles. The molecule has 10 nitrogen and oxygen atoms in total. The summed E-state index contributed by atoms with van der Waals surface area (Å²) in [5.41, 5.74) is 31.3. The van der Waals surface area contributed by atoms with Gasteiger partial charge in [0.1, 0.15) is 30.2 Å². The largest absolute Gasteiger partial charge is 0.358 e. The number of benzene rings is 8. The number of thiophene rings is 1. The third-order valence-electron chi connectivity index (χ3n) is 33.6. The highest BCUT2D eigenvalue weighted by Gasteiger charge is 2.59. The van der Waals surface area contributed by atoms with E-state index >= 15 is 0 Å². The van der Waals surface area contributed by atoms with Crippen molar-refractivity contribution in [2.45, 2.75) is 218 Å². The SMILES string of the molecule is C1=CCC2C(=C1)C1C=CC3C4CC(c5[nH]c(-c6cc(C7=CCCC=C7)ccc6C6C=CCCC6)cc5C5NC(C6CC=CCC6)=NC(c6ccc(-c7cccc(C8=NC(C9=CC(C%10=C(c%11ccccc%11)CCC(c%11ccccc%11)C%10)CN=C9C9=Cc%10sc%11c%12c(ccc%11c%10CC9)C9CC=CCC9N%12c9ccccc9)NC(c9ccccc9)=N8)c7)cc6)N5)CCC4SC3C1N2C1CC=CCC1. The Bertz CT molecular complexity index is 6810. The minimum absolute atomic E-state index is 0.0470. The van der Waals surface area contributed by atoms with Crippen molar-refractivity contribution in [3.63, 3.8) is 0 Å². The van der Waals surface area contributed by atoms with Gasteiger partial charge >= 0.3 is 0 Å². The number of fused-ring (bicyclic) bond motifs is 14. The van der Waals surface area contributed by atoms with Crippen LogP contribution in [0.4, 0.5) is 11.4 Å². The van der Waals surface area contributed by atoms with Crippen LogP contribution in [-0.4, -0.2) is 80.5 Å². The lowest BCUT2D eigenvalue weighted by atomic mass is 9.69. The number of amidine groups is 3. The fourth-order valence-corrected chi connectivity index (χ4v) is 30.6. The van der Waals surface area contributed by atoms with Crippen LogP contribution in [0.15, 0.2) is 352 Å². The smallest absolute Gasteiger partial charge is 0.159 e. The van der Waals surface area contributed by atoms with Gasteiger partial charge in [-0.05, 0) is 279 Å². The number of aromatic amines is 1. The Kier molecular flexibility index (Phi) is 22.4. The van der Waals surface area contributed by atoms with E-state index < -0.39 is 6.17 Å². The summed E-state index contributed by atoms with van der Waals surface area (Å²) in [6.07, 6.45) is 67.9. The van der Waals surface area contributed by atoms with Crippen LogP contribution in [0.3, 0.4) is 0 Å². The molecule has 8 aromatic carbocycles. The molecule has 0 radical (unpaired) electrons. The topological polar surface area (TPSA) is 108 Å². The van der Waals surface area contributed by atoms with E-state index in [1.807, 2.05) is 11.3 Å². The fourth-order valence-electron chi connectivity index (χ4n) is 27.1. The number of aliphatic imine (C=N–C) groups is 4. The molecule has 10 aliphatic carbocycles. The number of likely N-dealkylation sites (tertiary alicyclic amines) is 1. The molecule has 2 saturated heterocycles. The summed E-state index contributed by atoms with van der Waals surface area (Å²) in [5, 5.41) is 15.3. The third kappa shape index (κ3) is 15.5. The molecule has 3 fully saturated rings. The Hall–Kier alpha value is -11.8. The monoisotopic (exact) mass is 1800 g/mol. The molecule has 0 bridgehead atoms. The Labute approximate surface area is 804 Å². The Morgan fingerprint density at radius 3 is 2.18 bits per heavy atom. The second kappa shape index (κ2) is 36.0. The van der Waals surface area contributed by atoms with Crippen LogP contribution < -0.4 is 20.9 Å². The zero-order chi connectivity index (χ0) is 89.0. The Balaban J connectivity index is 0.551. The predicted molar refractivity (Wildman–Crippen MR) is 564 cm³/mol. The van der Waals surface area contributed by atoms with E-state index in [0.29, 0.717) is 88.5 Å². The first-order valence-corrected chi connectivity index (χ1v) is 53.0. The van der Waals surface area contributed by atoms with Crippen molar-refractivity contribution >= 4 is 85.0 Å². The lowest BCUT2D eigenvalue weighted by molar-refractivity contribution is 0.0999. The summed E-state index contributed by atoms with van der Waals surface area (Å²) < 4.78 is 1.41. The van der Waals surface area contributed by atoms with Gasteiger partial charge in [-0.2, -0.15) is 11.8 Å². The van der Waals surface area contributed by atoms with Crippen molar-refractivity contribution in [2.75, 3.05) is 11.4 Å². The number of thioether (sulfide) groups is 1. The summed E-state index contributed by atoms with van der Waals surface area (Å²) >= 11 is 4.41. The van der Waals surface area contributed by atoms with Crippen LogP contribution in [0.2, 0.25) is 0 Å². The number of aryl methyl sites for hydroxylation is 1. The number of anilines is 2. The molecule has 0 amide bonds. The molecule has 0 spiro atoms. The third-order valence-corrected chi connectivity index (χ3v) is 36.7. The van der Waals surface area contributed by atoms with Crippen molar-refractivity contribution in [3.05, 3.63) is 398 Å². The molecule has 674 valence electrons. The molecule has 135 heavy (non-hydrogen) atoms. The fraction of sp³-hybridized carbons (Fsp3) is 0.333. The Morgan fingerprint density at radius 2 is 1.35 bits per heavy atom. The van der Waals surface area contributed by atoms with Gasteiger partial charge in [-0.25, -0.2) is 15.0 Å². The molecule has 4 N–H and O–H groups in total. The molecule has 16 aliphatic rings. The average molecular weight is 1800 g/mol. The molecular weight excluding hydrogens is 1680 g/mol. The van der Waals surface area contributed by atoms with Crippen LogP contribution in [0.5, 0.6) is 0 Å². The zero-order valence-corrected chi connectivity index (χ0v) is 78.8. The van der Waals surface area contributed by atoms with Gasteiger partial charge in [0.2, 0.25) is 0 Å². The van der Waals surface area contributed by atoms with E-state index in [0.717, 1.165) is 147 Å². The summed E-state index contributed by atoms with van der Waals surface area (Å²) in [5.74, 6) is 6.20. The van der Waals surface area contributed by atoms with Crippen LogP contribution in [0, 0.1) is 29.6 Å². The lowest BCUT2D eigenvalue weighted by Crippen LogP contribution is -2.51. The highest BCUT2D eigenvalue weighted by molar-refractivity contribution is 8.00. The van der Waals surface area contributed by atoms with Gasteiger partial charge in [-0.15, -0.1) is 11.3 Å². The number of aromatic nitrogens is 1. The van der Waals surface area contributed by atoms with Crippen molar-refractivity contribution in [1.29, 1.82) is 0 Å².